The van der Waals surface area contributed by atoms with Gasteiger partial charge in [0.05, 0.1) is 0 Å². The fraction of sp³-hybridized carbons (Fsp3) is 0.571. The van der Waals surface area contributed by atoms with Crippen molar-refractivity contribution in [3.05, 3.63) is 35.4 Å². The highest BCUT2D eigenvalue weighted by Gasteiger charge is 2.37. The molecule has 0 aromatic heterocycles. The van der Waals surface area contributed by atoms with Gasteiger partial charge in [0.1, 0.15) is 6.04 Å². The Balaban J connectivity index is 1.65. The van der Waals surface area contributed by atoms with Crippen molar-refractivity contribution in [1.29, 1.82) is 0 Å². The number of nitrogens with one attached hydrogen (secondary N) is 1. The van der Waals surface area contributed by atoms with Crippen molar-refractivity contribution >= 4 is 17.8 Å². The molecule has 6 heteroatoms. The lowest BCUT2D eigenvalue weighted by Gasteiger charge is -2.36. The first-order valence-electron chi connectivity index (χ1n) is 9.88. The van der Waals surface area contributed by atoms with Gasteiger partial charge in [-0.3, -0.25) is 9.59 Å². The number of hydrogen-bond donors (Lipinski definition) is 2. The van der Waals surface area contributed by atoms with Crippen molar-refractivity contribution in [3.63, 3.8) is 0 Å². The van der Waals surface area contributed by atoms with E-state index in [2.05, 4.69) is 5.32 Å². The minimum Gasteiger partial charge on any atom is -0.479 e. The lowest BCUT2D eigenvalue weighted by Crippen LogP contribution is -2.51. The summed E-state index contributed by atoms with van der Waals surface area (Å²) in [6.45, 7) is 1.98. The second kappa shape index (κ2) is 8.55. The smallest absolute Gasteiger partial charge is 0.331 e. The molecule has 2 amide bonds. The third-order valence-corrected chi connectivity index (χ3v) is 5.75. The molecule has 3 rings (SSSR count). The van der Waals surface area contributed by atoms with Crippen molar-refractivity contribution in [1.82, 2.24) is 10.2 Å². The lowest BCUT2D eigenvalue weighted by atomic mass is 9.87. The Morgan fingerprint density at radius 2 is 1.89 bits per heavy atom. The molecule has 1 fully saturated rings. The van der Waals surface area contributed by atoms with Crippen LogP contribution >= 0.6 is 0 Å². The van der Waals surface area contributed by atoms with Gasteiger partial charge in [-0.25, -0.2) is 4.79 Å². The molecule has 1 aliphatic heterocycles. The quantitative estimate of drug-likeness (QED) is 0.832. The van der Waals surface area contributed by atoms with Crippen LogP contribution in [0.5, 0.6) is 0 Å². The van der Waals surface area contributed by atoms with Gasteiger partial charge < -0.3 is 15.3 Å². The third-order valence-electron chi connectivity index (χ3n) is 5.75. The molecule has 2 aliphatic rings. The third kappa shape index (κ3) is 4.49. The molecule has 2 N–H and O–H groups in total. The molecule has 1 heterocycles. The standard InChI is InChI=1S/C21H28N2O4/c1-14(22-18(24)13-15-7-3-2-4-8-15)20(25)23-12-11-16-9-5-6-10-17(16)19(23)21(26)27/h5-6,9-10,14-15,19H,2-4,7-8,11-13H2,1H3,(H,22,24)(H,26,27). The molecule has 6 nitrogen and oxygen atoms in total. The molecule has 1 aliphatic carbocycles. The molecule has 27 heavy (non-hydrogen) atoms. The fourth-order valence-electron chi connectivity index (χ4n) is 4.33. The number of amides is 2. The van der Waals surface area contributed by atoms with Crippen molar-refractivity contribution in [2.75, 3.05) is 6.54 Å². The molecule has 1 aromatic carbocycles. The summed E-state index contributed by atoms with van der Waals surface area (Å²) in [7, 11) is 0. The summed E-state index contributed by atoms with van der Waals surface area (Å²) in [5, 5.41) is 12.5. The number of fused-ring (bicyclic) bond motifs is 1. The zero-order valence-electron chi connectivity index (χ0n) is 15.8. The van der Waals surface area contributed by atoms with Gasteiger partial charge in [0.15, 0.2) is 6.04 Å². The summed E-state index contributed by atoms with van der Waals surface area (Å²) < 4.78 is 0. The van der Waals surface area contributed by atoms with E-state index in [0.717, 1.165) is 18.4 Å². The Bertz CT molecular complexity index is 712. The highest BCUT2D eigenvalue weighted by Crippen LogP contribution is 2.30. The summed E-state index contributed by atoms with van der Waals surface area (Å²) in [5.41, 5.74) is 1.62. The number of carboxylic acid groups (broad SMARTS) is 1. The maximum atomic E-state index is 12.9. The van der Waals surface area contributed by atoms with E-state index in [-0.39, 0.29) is 11.8 Å². The van der Waals surface area contributed by atoms with E-state index in [1.807, 2.05) is 12.1 Å². The first-order chi connectivity index (χ1) is 13.0. The summed E-state index contributed by atoms with van der Waals surface area (Å²) in [5.74, 6) is -1.10. The summed E-state index contributed by atoms with van der Waals surface area (Å²) in [6, 6.07) is 5.61. The predicted octanol–water partition coefficient (Wildman–Crippen LogP) is 2.67. The topological polar surface area (TPSA) is 86.7 Å². The average Bonchev–Trinajstić information content (AvgIpc) is 2.66. The van der Waals surface area contributed by atoms with Gasteiger partial charge in [-0.2, -0.15) is 0 Å². The van der Waals surface area contributed by atoms with E-state index < -0.39 is 18.1 Å². The highest BCUT2D eigenvalue weighted by molar-refractivity contribution is 5.91. The molecular weight excluding hydrogens is 344 g/mol. The Hall–Kier alpha value is -2.37. The number of carboxylic acids is 1. The Morgan fingerprint density at radius 3 is 2.59 bits per heavy atom. The number of nitrogens with zero attached hydrogens (tertiary/aromatic N) is 1. The predicted molar refractivity (Wildman–Crippen MR) is 101 cm³/mol. The number of hydrogen-bond acceptors (Lipinski definition) is 3. The molecule has 2 unspecified atom stereocenters. The molecule has 2 atom stereocenters. The zero-order valence-corrected chi connectivity index (χ0v) is 15.8. The van der Waals surface area contributed by atoms with Crippen molar-refractivity contribution < 1.29 is 19.5 Å². The van der Waals surface area contributed by atoms with Crippen LogP contribution in [0.1, 0.15) is 62.6 Å². The minimum absolute atomic E-state index is 0.118. The maximum absolute atomic E-state index is 12.9. The largest absolute Gasteiger partial charge is 0.479 e. The van der Waals surface area contributed by atoms with Crippen LogP contribution in [0.25, 0.3) is 0 Å². The SMILES string of the molecule is CC(NC(=O)CC1CCCCC1)C(=O)N1CCc2ccccc2C1C(=O)O. The minimum atomic E-state index is -1.05. The Morgan fingerprint density at radius 1 is 1.19 bits per heavy atom. The number of carbonyl (C=O) groups is 3. The van der Waals surface area contributed by atoms with Crippen LogP contribution in [0.4, 0.5) is 0 Å². The van der Waals surface area contributed by atoms with E-state index in [9.17, 15) is 19.5 Å². The molecular formula is C21H28N2O4. The van der Waals surface area contributed by atoms with Crippen LogP contribution in [0.2, 0.25) is 0 Å². The number of aliphatic carboxylic acids is 1. The van der Waals surface area contributed by atoms with Gasteiger partial charge in [0.2, 0.25) is 11.8 Å². The van der Waals surface area contributed by atoms with Crippen LogP contribution in [0, 0.1) is 5.92 Å². The maximum Gasteiger partial charge on any atom is 0.331 e. The second-order valence-corrected chi connectivity index (χ2v) is 7.72. The highest BCUT2D eigenvalue weighted by atomic mass is 16.4. The normalized spacial score (nSPS) is 21.2. The Labute approximate surface area is 159 Å². The molecule has 1 aromatic rings. The van der Waals surface area contributed by atoms with Crippen LogP contribution in [0.3, 0.4) is 0 Å². The fourth-order valence-corrected chi connectivity index (χ4v) is 4.33. The van der Waals surface area contributed by atoms with Gasteiger partial charge in [-0.1, -0.05) is 43.5 Å². The van der Waals surface area contributed by atoms with Gasteiger partial charge in [-0.05, 0) is 43.2 Å². The molecule has 0 bridgehead atoms. The van der Waals surface area contributed by atoms with Crippen LogP contribution in [-0.4, -0.2) is 40.4 Å². The molecule has 0 spiro atoms. The summed E-state index contributed by atoms with van der Waals surface area (Å²) in [4.78, 5) is 38.5. The monoisotopic (exact) mass is 372 g/mol. The van der Waals surface area contributed by atoms with Crippen LogP contribution in [0.15, 0.2) is 24.3 Å². The van der Waals surface area contributed by atoms with E-state index in [1.165, 1.54) is 24.2 Å². The average molecular weight is 372 g/mol. The first-order valence-corrected chi connectivity index (χ1v) is 9.88. The molecule has 0 radical (unpaired) electrons. The Kier molecular flexibility index (Phi) is 6.14. The van der Waals surface area contributed by atoms with E-state index in [0.29, 0.717) is 30.9 Å². The summed E-state index contributed by atoms with van der Waals surface area (Å²) >= 11 is 0. The van der Waals surface area contributed by atoms with Gasteiger partial charge >= 0.3 is 5.97 Å². The molecule has 0 saturated heterocycles. The van der Waals surface area contributed by atoms with Crippen LogP contribution in [-0.2, 0) is 20.8 Å². The number of rotatable bonds is 5. The van der Waals surface area contributed by atoms with Crippen LogP contribution < -0.4 is 5.32 Å². The summed E-state index contributed by atoms with van der Waals surface area (Å²) in [6.07, 6.45) is 6.77. The number of carbonyl (C=O) groups excluding carboxylic acids is 2. The first kappa shape index (κ1) is 19.4. The molecule has 1 saturated carbocycles. The van der Waals surface area contributed by atoms with E-state index in [4.69, 9.17) is 0 Å². The van der Waals surface area contributed by atoms with E-state index >= 15 is 0 Å². The van der Waals surface area contributed by atoms with Gasteiger partial charge in [0.25, 0.3) is 0 Å². The van der Waals surface area contributed by atoms with Crippen molar-refractivity contribution in [2.24, 2.45) is 5.92 Å². The van der Waals surface area contributed by atoms with Gasteiger partial charge in [0, 0.05) is 13.0 Å². The lowest BCUT2D eigenvalue weighted by molar-refractivity contribution is -0.152. The number of benzene rings is 1. The zero-order chi connectivity index (χ0) is 19.4. The van der Waals surface area contributed by atoms with E-state index in [1.54, 1.807) is 19.1 Å². The van der Waals surface area contributed by atoms with Crippen molar-refractivity contribution in [2.45, 2.75) is 64.0 Å². The second-order valence-electron chi connectivity index (χ2n) is 7.72. The van der Waals surface area contributed by atoms with Crippen molar-refractivity contribution in [3.8, 4) is 0 Å². The molecule has 146 valence electrons. The van der Waals surface area contributed by atoms with Gasteiger partial charge in [-0.15, -0.1) is 0 Å².